The molecule has 18 heavy (non-hydrogen) atoms. The smallest absolute Gasteiger partial charge is 0.256 e. The molecule has 94 valence electrons. The molecule has 0 unspecified atom stereocenters. The number of aryl methyl sites for hydroxylation is 3. The number of rotatable bonds is 2. The second-order valence-corrected chi connectivity index (χ2v) is 5.10. The van der Waals surface area contributed by atoms with Crippen molar-refractivity contribution in [2.45, 2.75) is 20.8 Å². The van der Waals surface area contributed by atoms with Crippen LogP contribution >= 0.6 is 15.9 Å². The first kappa shape index (κ1) is 12.8. The highest BCUT2D eigenvalue weighted by molar-refractivity contribution is 9.10. The molecule has 1 aromatic heterocycles. The minimum atomic E-state index is -0.141. The van der Waals surface area contributed by atoms with Gasteiger partial charge in [-0.05, 0) is 48.8 Å². The van der Waals surface area contributed by atoms with Crippen LogP contribution in [0.25, 0.3) is 0 Å². The predicted octanol–water partition coefficient (Wildman–Crippen LogP) is 3.35. The highest BCUT2D eigenvalue weighted by Crippen LogP contribution is 2.22. The van der Waals surface area contributed by atoms with E-state index in [-0.39, 0.29) is 5.91 Å². The van der Waals surface area contributed by atoms with Crippen molar-refractivity contribution in [3.8, 4) is 0 Å². The molecular formula is C13H14BrN3O. The second-order valence-electron chi connectivity index (χ2n) is 4.25. The van der Waals surface area contributed by atoms with Gasteiger partial charge in [0.15, 0.2) is 0 Å². The van der Waals surface area contributed by atoms with Crippen molar-refractivity contribution in [1.82, 2.24) is 10.2 Å². The number of carbonyl (C=O) groups is 1. The fourth-order valence-corrected chi connectivity index (χ4v) is 2.16. The van der Waals surface area contributed by atoms with E-state index in [2.05, 4.69) is 31.4 Å². The Hall–Kier alpha value is -1.62. The van der Waals surface area contributed by atoms with E-state index >= 15 is 0 Å². The zero-order chi connectivity index (χ0) is 13.3. The van der Waals surface area contributed by atoms with Crippen LogP contribution in [0, 0.1) is 20.8 Å². The lowest BCUT2D eigenvalue weighted by Gasteiger charge is -2.07. The molecule has 1 heterocycles. The van der Waals surface area contributed by atoms with E-state index in [1.54, 1.807) is 0 Å². The van der Waals surface area contributed by atoms with Crippen LogP contribution in [-0.4, -0.2) is 16.1 Å². The average Bonchev–Trinajstić information content (AvgIpc) is 2.64. The number of carbonyl (C=O) groups excluding carboxylic acids is 1. The zero-order valence-corrected chi connectivity index (χ0v) is 12.1. The zero-order valence-electron chi connectivity index (χ0n) is 10.5. The van der Waals surface area contributed by atoms with Gasteiger partial charge in [-0.15, -0.1) is 0 Å². The van der Waals surface area contributed by atoms with Gasteiger partial charge < -0.3 is 5.32 Å². The van der Waals surface area contributed by atoms with Crippen LogP contribution in [0.2, 0.25) is 0 Å². The number of halogens is 1. The number of aromatic nitrogens is 2. The summed E-state index contributed by atoms with van der Waals surface area (Å²) in [5.41, 5.74) is 4.04. The van der Waals surface area contributed by atoms with Crippen LogP contribution in [0.4, 0.5) is 5.69 Å². The van der Waals surface area contributed by atoms with Gasteiger partial charge in [-0.2, -0.15) is 5.10 Å². The Kier molecular flexibility index (Phi) is 3.52. The molecule has 1 amide bonds. The lowest BCUT2D eigenvalue weighted by atomic mass is 10.1. The Bertz CT molecular complexity index is 585. The summed E-state index contributed by atoms with van der Waals surface area (Å²) in [4.78, 5) is 12.2. The van der Waals surface area contributed by atoms with Crippen LogP contribution in [0.15, 0.2) is 22.7 Å². The van der Waals surface area contributed by atoms with Crippen LogP contribution < -0.4 is 5.32 Å². The normalized spacial score (nSPS) is 10.4. The molecular weight excluding hydrogens is 294 g/mol. The van der Waals surface area contributed by atoms with Crippen molar-refractivity contribution in [3.63, 3.8) is 0 Å². The Morgan fingerprint density at radius 3 is 2.67 bits per heavy atom. The second kappa shape index (κ2) is 4.94. The van der Waals surface area contributed by atoms with E-state index in [0.717, 1.165) is 27.1 Å². The number of H-pyrrole nitrogens is 1. The molecule has 2 aromatic rings. The first-order valence-electron chi connectivity index (χ1n) is 5.58. The fourth-order valence-electron chi connectivity index (χ4n) is 1.73. The van der Waals surface area contributed by atoms with Crippen LogP contribution in [0.3, 0.4) is 0 Å². The number of nitrogens with one attached hydrogen (secondary N) is 2. The van der Waals surface area contributed by atoms with Crippen molar-refractivity contribution in [2.24, 2.45) is 0 Å². The van der Waals surface area contributed by atoms with Gasteiger partial charge in [0.1, 0.15) is 0 Å². The van der Waals surface area contributed by atoms with Gasteiger partial charge in [0.25, 0.3) is 5.91 Å². The SMILES string of the molecule is Cc1ccc(Br)c(C(=O)Nc2c(C)n[nH]c2C)c1. The third kappa shape index (κ3) is 2.46. The minimum Gasteiger partial charge on any atom is -0.319 e. The molecule has 0 saturated heterocycles. The number of anilines is 1. The molecule has 1 aromatic carbocycles. The quantitative estimate of drug-likeness (QED) is 0.894. The molecule has 2 rings (SSSR count). The lowest BCUT2D eigenvalue weighted by Crippen LogP contribution is -2.13. The van der Waals surface area contributed by atoms with Gasteiger partial charge in [0, 0.05) is 4.47 Å². The molecule has 0 aliphatic carbocycles. The van der Waals surface area contributed by atoms with E-state index < -0.39 is 0 Å². The number of benzene rings is 1. The first-order chi connectivity index (χ1) is 8.49. The van der Waals surface area contributed by atoms with Crippen molar-refractivity contribution < 1.29 is 4.79 Å². The Balaban J connectivity index is 2.30. The Morgan fingerprint density at radius 1 is 1.33 bits per heavy atom. The maximum Gasteiger partial charge on any atom is 0.256 e. The van der Waals surface area contributed by atoms with Gasteiger partial charge in [0.2, 0.25) is 0 Å². The van der Waals surface area contributed by atoms with Crippen LogP contribution in [-0.2, 0) is 0 Å². The standard InChI is InChI=1S/C13H14BrN3O/c1-7-4-5-11(14)10(6-7)13(18)15-12-8(2)16-17-9(12)3/h4-6H,1-3H3,(H,15,18)(H,16,17). The van der Waals surface area contributed by atoms with Crippen LogP contribution in [0.1, 0.15) is 27.3 Å². The molecule has 0 aliphatic heterocycles. The van der Waals surface area contributed by atoms with Gasteiger partial charge in [0.05, 0.1) is 22.6 Å². The van der Waals surface area contributed by atoms with E-state index in [1.807, 2.05) is 39.0 Å². The number of hydrogen-bond acceptors (Lipinski definition) is 2. The van der Waals surface area contributed by atoms with Crippen LogP contribution in [0.5, 0.6) is 0 Å². The third-order valence-corrected chi connectivity index (χ3v) is 3.42. The van der Waals surface area contributed by atoms with E-state index in [1.165, 1.54) is 0 Å². The summed E-state index contributed by atoms with van der Waals surface area (Å²) in [5, 5.41) is 9.77. The maximum absolute atomic E-state index is 12.2. The third-order valence-electron chi connectivity index (χ3n) is 2.73. The number of nitrogens with zero attached hydrogens (tertiary/aromatic N) is 1. The molecule has 0 fully saturated rings. The molecule has 4 nitrogen and oxygen atoms in total. The van der Waals surface area contributed by atoms with E-state index in [0.29, 0.717) is 5.56 Å². The van der Waals surface area contributed by atoms with Gasteiger partial charge in [-0.3, -0.25) is 9.89 Å². The summed E-state index contributed by atoms with van der Waals surface area (Å²) in [6, 6.07) is 5.68. The predicted molar refractivity (Wildman–Crippen MR) is 74.9 cm³/mol. The molecule has 0 radical (unpaired) electrons. The molecule has 0 atom stereocenters. The van der Waals surface area contributed by atoms with Gasteiger partial charge >= 0.3 is 0 Å². The van der Waals surface area contributed by atoms with Gasteiger partial charge in [-0.1, -0.05) is 11.6 Å². The average molecular weight is 308 g/mol. The fraction of sp³-hybridized carbons (Fsp3) is 0.231. The summed E-state index contributed by atoms with van der Waals surface area (Å²) in [6.45, 7) is 5.68. The number of hydrogen-bond donors (Lipinski definition) is 2. The summed E-state index contributed by atoms with van der Waals surface area (Å²) >= 11 is 3.39. The van der Waals surface area contributed by atoms with Crippen molar-refractivity contribution in [1.29, 1.82) is 0 Å². The van der Waals surface area contributed by atoms with Gasteiger partial charge in [-0.25, -0.2) is 0 Å². The highest BCUT2D eigenvalue weighted by Gasteiger charge is 2.14. The molecule has 0 bridgehead atoms. The molecule has 0 aliphatic rings. The topological polar surface area (TPSA) is 57.8 Å². The Labute approximate surface area is 114 Å². The summed E-state index contributed by atoms with van der Waals surface area (Å²) in [7, 11) is 0. The summed E-state index contributed by atoms with van der Waals surface area (Å²) < 4.78 is 0.782. The largest absolute Gasteiger partial charge is 0.319 e. The molecule has 0 spiro atoms. The monoisotopic (exact) mass is 307 g/mol. The molecule has 5 heteroatoms. The van der Waals surface area contributed by atoms with Crippen molar-refractivity contribution >= 4 is 27.5 Å². The van der Waals surface area contributed by atoms with Crippen molar-refractivity contribution in [2.75, 3.05) is 5.32 Å². The van der Waals surface area contributed by atoms with E-state index in [4.69, 9.17) is 0 Å². The van der Waals surface area contributed by atoms with E-state index in [9.17, 15) is 4.79 Å². The maximum atomic E-state index is 12.2. The first-order valence-corrected chi connectivity index (χ1v) is 6.37. The molecule has 2 N–H and O–H groups in total. The Morgan fingerprint density at radius 2 is 2.06 bits per heavy atom. The lowest BCUT2D eigenvalue weighted by molar-refractivity contribution is 0.102. The summed E-state index contributed by atoms with van der Waals surface area (Å²) in [6.07, 6.45) is 0. The number of amides is 1. The summed E-state index contributed by atoms with van der Waals surface area (Å²) in [5.74, 6) is -0.141. The number of aromatic amines is 1. The highest BCUT2D eigenvalue weighted by atomic mass is 79.9. The molecule has 0 saturated carbocycles. The minimum absolute atomic E-state index is 0.141. The van der Waals surface area contributed by atoms with Crippen molar-refractivity contribution in [3.05, 3.63) is 45.2 Å².